The van der Waals surface area contributed by atoms with Crippen molar-refractivity contribution >= 4 is 15.9 Å². The van der Waals surface area contributed by atoms with Gasteiger partial charge in [-0.05, 0) is 41.0 Å². The molecule has 3 nitrogen and oxygen atoms in total. The number of ether oxygens (including phenoxy) is 2. The van der Waals surface area contributed by atoms with Crippen LogP contribution in [0.1, 0.15) is 11.1 Å². The maximum atomic E-state index is 9.02. The van der Waals surface area contributed by atoms with Crippen molar-refractivity contribution in [2.24, 2.45) is 0 Å². The number of alkyl halides is 1. The third kappa shape index (κ3) is 2.18. The molecule has 0 saturated carbocycles. The van der Waals surface area contributed by atoms with Crippen LogP contribution >= 0.6 is 15.9 Å². The Morgan fingerprint density at radius 3 is 2.74 bits per heavy atom. The molecule has 0 unspecified atom stereocenters. The molecule has 4 heteroatoms. The van der Waals surface area contributed by atoms with Gasteiger partial charge in [0.05, 0.1) is 11.6 Å². The summed E-state index contributed by atoms with van der Waals surface area (Å²) >= 11 is 3.48. The van der Waals surface area contributed by atoms with E-state index in [9.17, 15) is 0 Å². The lowest BCUT2D eigenvalue weighted by molar-refractivity contribution is 0.174. The zero-order chi connectivity index (χ0) is 13.2. The molecule has 0 spiro atoms. The molecule has 0 aromatic heterocycles. The van der Waals surface area contributed by atoms with E-state index in [-0.39, 0.29) is 6.79 Å². The van der Waals surface area contributed by atoms with Crippen molar-refractivity contribution in [3.8, 4) is 28.7 Å². The number of benzene rings is 2. The van der Waals surface area contributed by atoms with Crippen LogP contribution in [0, 0.1) is 11.3 Å². The Labute approximate surface area is 119 Å². The smallest absolute Gasteiger partial charge is 0.231 e. The van der Waals surface area contributed by atoms with Crippen LogP contribution in [-0.2, 0) is 5.33 Å². The van der Waals surface area contributed by atoms with Gasteiger partial charge in [0.15, 0.2) is 11.5 Å². The Hall–Kier alpha value is -1.99. The van der Waals surface area contributed by atoms with Crippen molar-refractivity contribution in [3.05, 3.63) is 47.5 Å². The molecular weight excluding hydrogens is 306 g/mol. The first-order valence-electron chi connectivity index (χ1n) is 5.81. The number of nitrogens with zero attached hydrogens (tertiary/aromatic N) is 1. The van der Waals surface area contributed by atoms with Gasteiger partial charge in [0.25, 0.3) is 0 Å². The second-order valence-electron chi connectivity index (χ2n) is 4.19. The zero-order valence-electron chi connectivity index (χ0n) is 10.0. The van der Waals surface area contributed by atoms with Crippen molar-refractivity contribution in [2.45, 2.75) is 5.33 Å². The van der Waals surface area contributed by atoms with Gasteiger partial charge in [-0.3, -0.25) is 0 Å². The van der Waals surface area contributed by atoms with Gasteiger partial charge in [-0.25, -0.2) is 0 Å². The maximum absolute atomic E-state index is 9.02. The molecule has 1 aliphatic rings. The molecule has 19 heavy (non-hydrogen) atoms. The second kappa shape index (κ2) is 4.94. The quantitative estimate of drug-likeness (QED) is 0.790. The summed E-state index contributed by atoms with van der Waals surface area (Å²) in [5, 5.41) is 9.76. The van der Waals surface area contributed by atoms with Gasteiger partial charge in [-0.1, -0.05) is 28.1 Å². The zero-order valence-corrected chi connectivity index (χ0v) is 11.6. The van der Waals surface area contributed by atoms with Gasteiger partial charge in [-0.2, -0.15) is 5.26 Å². The van der Waals surface area contributed by atoms with Crippen LogP contribution in [-0.4, -0.2) is 6.79 Å². The van der Waals surface area contributed by atoms with E-state index in [1.807, 2.05) is 36.4 Å². The van der Waals surface area contributed by atoms with Crippen molar-refractivity contribution < 1.29 is 9.47 Å². The fourth-order valence-electron chi connectivity index (χ4n) is 2.10. The average molecular weight is 316 g/mol. The van der Waals surface area contributed by atoms with Crippen LogP contribution in [0.15, 0.2) is 36.4 Å². The van der Waals surface area contributed by atoms with Gasteiger partial charge in [0, 0.05) is 5.33 Å². The average Bonchev–Trinajstić information content (AvgIpc) is 2.93. The normalized spacial score (nSPS) is 12.2. The molecule has 0 atom stereocenters. The van der Waals surface area contributed by atoms with Gasteiger partial charge in [0.2, 0.25) is 6.79 Å². The number of nitriles is 1. The molecule has 0 saturated heterocycles. The van der Waals surface area contributed by atoms with E-state index in [2.05, 4.69) is 22.0 Å². The van der Waals surface area contributed by atoms with Crippen LogP contribution in [0.25, 0.3) is 11.1 Å². The number of fused-ring (bicyclic) bond motifs is 1. The fourth-order valence-corrected chi connectivity index (χ4v) is 2.58. The van der Waals surface area contributed by atoms with E-state index in [0.717, 1.165) is 33.5 Å². The van der Waals surface area contributed by atoms with Crippen molar-refractivity contribution in [2.75, 3.05) is 6.79 Å². The Kier molecular flexibility index (Phi) is 3.14. The number of halogens is 1. The summed E-state index contributed by atoms with van der Waals surface area (Å²) in [4.78, 5) is 0. The summed E-state index contributed by atoms with van der Waals surface area (Å²) in [5.74, 6) is 1.51. The predicted octanol–water partition coefficient (Wildman–Crippen LogP) is 3.85. The van der Waals surface area contributed by atoms with E-state index in [0.29, 0.717) is 5.56 Å². The SMILES string of the molecule is N#Cc1ccc(CBr)c(-c2ccc3c(c2)OCO3)c1. The van der Waals surface area contributed by atoms with Crippen LogP contribution in [0.2, 0.25) is 0 Å². The Balaban J connectivity index is 2.13. The molecular formula is C15H10BrNO2. The van der Waals surface area contributed by atoms with Crippen LogP contribution < -0.4 is 9.47 Å². The topological polar surface area (TPSA) is 42.2 Å². The Morgan fingerprint density at radius 2 is 1.95 bits per heavy atom. The van der Waals surface area contributed by atoms with Gasteiger partial charge in [-0.15, -0.1) is 0 Å². The third-order valence-electron chi connectivity index (χ3n) is 3.07. The molecule has 2 aromatic carbocycles. The molecule has 3 rings (SSSR count). The molecule has 1 aliphatic heterocycles. The van der Waals surface area contributed by atoms with E-state index in [1.54, 1.807) is 0 Å². The molecule has 0 radical (unpaired) electrons. The van der Waals surface area contributed by atoms with Gasteiger partial charge >= 0.3 is 0 Å². The summed E-state index contributed by atoms with van der Waals surface area (Å²) in [6, 6.07) is 13.7. The van der Waals surface area contributed by atoms with E-state index >= 15 is 0 Å². The van der Waals surface area contributed by atoms with E-state index < -0.39 is 0 Å². The standard InChI is InChI=1S/C15H10BrNO2/c16-7-12-2-1-10(8-17)5-13(12)11-3-4-14-15(6-11)19-9-18-14/h1-6H,7,9H2. The van der Waals surface area contributed by atoms with E-state index in [4.69, 9.17) is 14.7 Å². The minimum atomic E-state index is 0.266. The molecule has 94 valence electrons. The fraction of sp³-hybridized carbons (Fsp3) is 0.133. The van der Waals surface area contributed by atoms with Crippen LogP contribution in [0.3, 0.4) is 0 Å². The minimum absolute atomic E-state index is 0.266. The summed E-state index contributed by atoms with van der Waals surface area (Å²) in [5.41, 5.74) is 3.85. The largest absolute Gasteiger partial charge is 0.454 e. The highest BCUT2D eigenvalue weighted by Gasteiger charge is 2.15. The highest BCUT2D eigenvalue weighted by Crippen LogP contribution is 2.37. The summed E-state index contributed by atoms with van der Waals surface area (Å²) in [6.07, 6.45) is 0. The molecule has 2 aromatic rings. The highest BCUT2D eigenvalue weighted by molar-refractivity contribution is 9.08. The Bertz CT molecular complexity index is 676. The lowest BCUT2D eigenvalue weighted by Gasteiger charge is -2.09. The van der Waals surface area contributed by atoms with Gasteiger partial charge in [0.1, 0.15) is 0 Å². The van der Waals surface area contributed by atoms with Gasteiger partial charge < -0.3 is 9.47 Å². The molecule has 1 heterocycles. The number of rotatable bonds is 2. The van der Waals surface area contributed by atoms with Crippen LogP contribution in [0.5, 0.6) is 11.5 Å². The molecule has 0 amide bonds. The lowest BCUT2D eigenvalue weighted by atomic mass is 9.98. The highest BCUT2D eigenvalue weighted by atomic mass is 79.9. The number of hydrogen-bond donors (Lipinski definition) is 0. The van der Waals surface area contributed by atoms with Crippen molar-refractivity contribution in [1.82, 2.24) is 0 Å². The second-order valence-corrected chi connectivity index (χ2v) is 4.75. The Morgan fingerprint density at radius 1 is 1.11 bits per heavy atom. The van der Waals surface area contributed by atoms with Crippen LogP contribution in [0.4, 0.5) is 0 Å². The maximum Gasteiger partial charge on any atom is 0.231 e. The van der Waals surface area contributed by atoms with Crippen molar-refractivity contribution in [3.63, 3.8) is 0 Å². The first-order chi connectivity index (χ1) is 9.31. The first kappa shape index (κ1) is 12.1. The summed E-state index contributed by atoms with van der Waals surface area (Å²) < 4.78 is 10.7. The van der Waals surface area contributed by atoms with Crippen molar-refractivity contribution in [1.29, 1.82) is 5.26 Å². The molecule has 0 bridgehead atoms. The van der Waals surface area contributed by atoms with E-state index in [1.165, 1.54) is 0 Å². The summed E-state index contributed by atoms with van der Waals surface area (Å²) in [6.45, 7) is 0.266. The minimum Gasteiger partial charge on any atom is -0.454 e. The third-order valence-corrected chi connectivity index (χ3v) is 3.67. The molecule has 0 fully saturated rings. The summed E-state index contributed by atoms with van der Waals surface area (Å²) in [7, 11) is 0. The number of hydrogen-bond acceptors (Lipinski definition) is 3. The molecule has 0 N–H and O–H groups in total. The lowest BCUT2D eigenvalue weighted by Crippen LogP contribution is -1.93. The monoisotopic (exact) mass is 315 g/mol. The first-order valence-corrected chi connectivity index (χ1v) is 6.93. The predicted molar refractivity (Wildman–Crippen MR) is 75.3 cm³/mol. The molecule has 0 aliphatic carbocycles.